The van der Waals surface area contributed by atoms with Gasteiger partial charge in [0, 0.05) is 5.41 Å². The van der Waals surface area contributed by atoms with Gasteiger partial charge < -0.3 is 9.84 Å². The number of aliphatic hydroxyl groups is 1. The first-order chi connectivity index (χ1) is 20.0. The lowest BCUT2D eigenvalue weighted by Gasteiger charge is -2.61. The Labute approximate surface area is 249 Å². The van der Waals surface area contributed by atoms with Crippen molar-refractivity contribution in [2.45, 2.75) is 77.4 Å². The lowest BCUT2D eigenvalue weighted by Crippen LogP contribution is -2.63. The first kappa shape index (κ1) is 28.3. The van der Waals surface area contributed by atoms with Crippen LogP contribution in [0.25, 0.3) is 11.8 Å². The van der Waals surface area contributed by atoms with E-state index in [0.717, 1.165) is 42.6 Å². The van der Waals surface area contributed by atoms with Crippen LogP contribution in [0.2, 0.25) is 0 Å². The largest absolute Gasteiger partial charge is 0.449 e. The number of carbonyl (C=O) groups excluding carboxylic acids is 2. The molecule has 9 heteroatoms. The monoisotopic (exact) mass is 596 g/mol. The molecule has 8 atom stereocenters. The number of esters is 1. The zero-order valence-electron chi connectivity index (χ0n) is 24.3. The molecule has 5 aliphatic rings. The SMILES string of the molecule is C[C@H]1C[C@@H]2[C@H]([C@@H](O)C[C@@]3(C)[C@H]2CC[C@]3(OC(=O)C2CC2)C(=O)SCF)[C@@]2(C)Cc3cnn(-c4ccc(F)cc4)c3C=C12. The van der Waals surface area contributed by atoms with Crippen LogP contribution in [0.3, 0.4) is 0 Å². The number of fused-ring (bicyclic) bond motifs is 6. The highest BCUT2D eigenvalue weighted by Crippen LogP contribution is 2.69. The molecule has 42 heavy (non-hydrogen) atoms. The van der Waals surface area contributed by atoms with E-state index < -0.39 is 28.2 Å². The normalized spacial score (nSPS) is 38.5. The third kappa shape index (κ3) is 3.94. The summed E-state index contributed by atoms with van der Waals surface area (Å²) in [6.45, 7) is 6.50. The average Bonchev–Trinajstić information content (AvgIpc) is 3.65. The molecule has 0 saturated heterocycles. The first-order valence-corrected chi connectivity index (χ1v) is 16.2. The van der Waals surface area contributed by atoms with Crippen LogP contribution in [0.15, 0.2) is 36.0 Å². The van der Waals surface area contributed by atoms with Gasteiger partial charge in [0.25, 0.3) is 0 Å². The minimum atomic E-state index is -1.42. The summed E-state index contributed by atoms with van der Waals surface area (Å²) in [4.78, 5) is 26.6. The highest BCUT2D eigenvalue weighted by molar-refractivity contribution is 8.13. The van der Waals surface area contributed by atoms with Crippen molar-refractivity contribution in [1.29, 1.82) is 0 Å². The molecule has 0 bridgehead atoms. The van der Waals surface area contributed by atoms with Gasteiger partial charge in [0.2, 0.25) is 5.12 Å². The van der Waals surface area contributed by atoms with Gasteiger partial charge in [-0.25, -0.2) is 13.5 Å². The Morgan fingerprint density at radius 1 is 1.19 bits per heavy atom. The Morgan fingerprint density at radius 2 is 1.93 bits per heavy atom. The van der Waals surface area contributed by atoms with Crippen LogP contribution in [0.5, 0.6) is 0 Å². The van der Waals surface area contributed by atoms with Crippen LogP contribution in [-0.2, 0) is 20.7 Å². The molecule has 224 valence electrons. The molecule has 0 spiro atoms. The fourth-order valence-corrected chi connectivity index (χ4v) is 10.4. The molecule has 1 aromatic heterocycles. The summed E-state index contributed by atoms with van der Waals surface area (Å²) in [5.41, 5.74) is 1.66. The second kappa shape index (κ2) is 9.74. The number of thioether (sulfide) groups is 1. The number of aromatic nitrogens is 2. The van der Waals surface area contributed by atoms with Crippen molar-refractivity contribution in [2.24, 2.45) is 40.4 Å². The maximum Gasteiger partial charge on any atom is 0.309 e. The van der Waals surface area contributed by atoms with E-state index in [1.165, 1.54) is 17.7 Å². The quantitative estimate of drug-likeness (QED) is 0.409. The molecule has 0 unspecified atom stereocenters. The van der Waals surface area contributed by atoms with Crippen LogP contribution < -0.4 is 0 Å². The standard InChI is InChI=1S/C33H38F2N2O4S/c1-18-12-23-24-10-11-33(30(40)42-17-34,41-29(39)19-4-5-19)32(24,3)15-27(38)28(23)31(2)14-20-16-36-37(26(20)13-25(18)31)22-8-6-21(35)7-9-22/h6-9,13,16,18-19,23-24,27-28,38H,4-5,10-12,14-15,17H2,1-3H3/t18-,23-,24-,27-,28+,31-,32-,33-/m0/s1. The van der Waals surface area contributed by atoms with Crippen molar-refractivity contribution in [2.75, 3.05) is 6.01 Å². The van der Waals surface area contributed by atoms with Crippen molar-refractivity contribution in [3.63, 3.8) is 0 Å². The lowest BCUT2D eigenvalue weighted by molar-refractivity contribution is -0.198. The molecular formula is C33H38F2N2O4S. The van der Waals surface area contributed by atoms with Crippen molar-refractivity contribution in [3.05, 3.63) is 53.1 Å². The molecule has 7 rings (SSSR count). The highest BCUT2D eigenvalue weighted by atomic mass is 32.2. The molecule has 2 aromatic rings. The molecule has 4 saturated carbocycles. The summed E-state index contributed by atoms with van der Waals surface area (Å²) in [6.07, 6.45) is 7.90. The molecule has 1 heterocycles. The summed E-state index contributed by atoms with van der Waals surface area (Å²) in [5.74, 6) is -0.467. The highest BCUT2D eigenvalue weighted by Gasteiger charge is 2.71. The number of aliphatic hydroxyl groups excluding tert-OH is 1. The van der Waals surface area contributed by atoms with Gasteiger partial charge in [-0.15, -0.1) is 0 Å². The van der Waals surface area contributed by atoms with Crippen molar-refractivity contribution >= 4 is 28.9 Å². The minimum Gasteiger partial charge on any atom is -0.449 e. The van der Waals surface area contributed by atoms with E-state index in [1.807, 2.05) is 17.8 Å². The van der Waals surface area contributed by atoms with Gasteiger partial charge in [-0.1, -0.05) is 26.3 Å². The van der Waals surface area contributed by atoms with Crippen LogP contribution in [0.1, 0.15) is 70.6 Å². The molecule has 0 amide bonds. The second-order valence-corrected chi connectivity index (χ2v) is 14.7. The third-order valence-corrected chi connectivity index (χ3v) is 12.3. The molecule has 1 aromatic carbocycles. The zero-order valence-corrected chi connectivity index (χ0v) is 25.1. The maximum absolute atomic E-state index is 13.6. The molecular weight excluding hydrogens is 558 g/mol. The number of ether oxygens (including phenoxy) is 1. The molecule has 4 fully saturated rings. The topological polar surface area (TPSA) is 81.4 Å². The van der Waals surface area contributed by atoms with Gasteiger partial charge >= 0.3 is 5.97 Å². The van der Waals surface area contributed by atoms with Gasteiger partial charge in [-0.2, -0.15) is 5.10 Å². The predicted molar refractivity (Wildman–Crippen MR) is 156 cm³/mol. The van der Waals surface area contributed by atoms with E-state index in [2.05, 4.69) is 25.0 Å². The maximum atomic E-state index is 13.6. The lowest BCUT2D eigenvalue weighted by atomic mass is 9.44. The predicted octanol–water partition coefficient (Wildman–Crippen LogP) is 6.29. The van der Waals surface area contributed by atoms with E-state index >= 15 is 0 Å². The van der Waals surface area contributed by atoms with Crippen LogP contribution in [-0.4, -0.2) is 43.7 Å². The number of halogens is 2. The Balaban J connectivity index is 1.25. The van der Waals surface area contributed by atoms with Gasteiger partial charge in [0.1, 0.15) is 11.8 Å². The number of hydrogen-bond acceptors (Lipinski definition) is 6. The van der Waals surface area contributed by atoms with Gasteiger partial charge in [-0.3, -0.25) is 9.59 Å². The summed E-state index contributed by atoms with van der Waals surface area (Å²) < 4.78 is 35.2. The Bertz CT molecular complexity index is 1470. The van der Waals surface area contributed by atoms with Crippen molar-refractivity contribution in [3.8, 4) is 5.69 Å². The average molecular weight is 597 g/mol. The number of benzene rings is 1. The first-order valence-electron chi connectivity index (χ1n) is 15.2. The summed E-state index contributed by atoms with van der Waals surface area (Å²) >= 11 is 0.594. The van der Waals surface area contributed by atoms with Crippen LogP contribution >= 0.6 is 11.8 Å². The smallest absolute Gasteiger partial charge is 0.309 e. The number of allylic oxidation sites excluding steroid dienone is 1. The molecule has 5 aliphatic carbocycles. The second-order valence-electron chi connectivity index (χ2n) is 13.9. The Morgan fingerprint density at radius 3 is 2.62 bits per heavy atom. The fourth-order valence-electron chi connectivity index (χ4n) is 9.69. The Hall–Kier alpha value is -2.52. The van der Waals surface area contributed by atoms with Gasteiger partial charge in [0.05, 0.1) is 29.6 Å². The molecule has 0 aliphatic heterocycles. The van der Waals surface area contributed by atoms with E-state index in [-0.39, 0.29) is 46.8 Å². The van der Waals surface area contributed by atoms with Gasteiger partial charge in [0.15, 0.2) is 5.60 Å². The summed E-state index contributed by atoms with van der Waals surface area (Å²) in [7, 11) is 0. The molecule has 0 radical (unpaired) electrons. The van der Waals surface area contributed by atoms with E-state index in [1.54, 1.807) is 12.1 Å². The van der Waals surface area contributed by atoms with Crippen LogP contribution in [0, 0.1) is 46.2 Å². The minimum absolute atomic E-state index is 0.0424. The number of alkyl halides is 1. The van der Waals surface area contributed by atoms with E-state index in [4.69, 9.17) is 4.74 Å². The zero-order chi connectivity index (χ0) is 29.6. The number of rotatable bonds is 5. The molecule has 1 N–H and O–H groups in total. The third-order valence-electron chi connectivity index (χ3n) is 11.6. The summed E-state index contributed by atoms with van der Waals surface area (Å²) in [6, 6.07) is 5.46. The fraction of sp³-hybridized carbons (Fsp3) is 0.606. The van der Waals surface area contributed by atoms with Crippen LogP contribution in [0.4, 0.5) is 8.78 Å². The van der Waals surface area contributed by atoms with Crippen molar-refractivity contribution < 1.29 is 28.2 Å². The number of hydrogen-bond donors (Lipinski definition) is 1. The number of nitrogens with zero attached hydrogens (tertiary/aromatic N) is 2. The van der Waals surface area contributed by atoms with E-state index in [0.29, 0.717) is 31.0 Å². The number of carbonyl (C=O) groups is 2. The Kier molecular flexibility index (Phi) is 6.56. The van der Waals surface area contributed by atoms with Gasteiger partial charge in [-0.05, 0) is 122 Å². The summed E-state index contributed by atoms with van der Waals surface area (Å²) in [5, 5.41) is 16.3. The van der Waals surface area contributed by atoms with E-state index in [9.17, 15) is 23.5 Å². The van der Waals surface area contributed by atoms with Crippen molar-refractivity contribution in [1.82, 2.24) is 9.78 Å². The molecule has 6 nitrogen and oxygen atoms in total.